The van der Waals surface area contributed by atoms with Crippen molar-refractivity contribution in [2.24, 2.45) is 5.73 Å². The van der Waals surface area contributed by atoms with Gasteiger partial charge in [-0.15, -0.1) is 0 Å². The van der Waals surface area contributed by atoms with Gasteiger partial charge in [0.2, 0.25) is 5.89 Å². The maximum Gasteiger partial charge on any atom is 0.243 e. The molecule has 0 aliphatic carbocycles. The van der Waals surface area contributed by atoms with Crippen molar-refractivity contribution in [3.05, 3.63) is 11.7 Å². The minimum Gasteiger partial charge on any atom is -0.385 e. The minimum atomic E-state index is -0.198. The lowest BCUT2D eigenvalue weighted by atomic mass is 9.89. The van der Waals surface area contributed by atoms with Crippen LogP contribution in [-0.4, -0.2) is 36.1 Å². The fourth-order valence-corrected chi connectivity index (χ4v) is 3.03. The summed E-state index contributed by atoms with van der Waals surface area (Å²) in [5, 5.41) is 4.09. The maximum absolute atomic E-state index is 6.04. The number of nitrogens with two attached hydrogens (primary N) is 1. The summed E-state index contributed by atoms with van der Waals surface area (Å²) in [4.78, 5) is 4.47. The Bertz CT molecular complexity index is 423. The third-order valence-electron chi connectivity index (χ3n) is 4.08. The van der Waals surface area contributed by atoms with E-state index in [4.69, 9.17) is 19.7 Å². The van der Waals surface area contributed by atoms with E-state index in [2.05, 4.69) is 10.1 Å². The summed E-state index contributed by atoms with van der Waals surface area (Å²) in [5.41, 5.74) is 6.04. The second-order valence-corrected chi connectivity index (χ2v) is 5.45. The Morgan fingerprint density at radius 1 is 1.47 bits per heavy atom. The highest BCUT2D eigenvalue weighted by Gasteiger charge is 2.43. The van der Waals surface area contributed by atoms with Crippen LogP contribution in [0.4, 0.5) is 0 Å². The van der Waals surface area contributed by atoms with Crippen LogP contribution in [0.2, 0.25) is 0 Å². The zero-order chi connectivity index (χ0) is 13.2. The predicted molar refractivity (Wildman–Crippen MR) is 67.6 cm³/mol. The van der Waals surface area contributed by atoms with Gasteiger partial charge < -0.3 is 19.7 Å². The van der Waals surface area contributed by atoms with Gasteiger partial charge in [-0.2, -0.15) is 4.98 Å². The van der Waals surface area contributed by atoms with Crippen molar-refractivity contribution in [2.45, 2.75) is 56.3 Å². The fraction of sp³-hybridized carbons (Fsp3) is 0.846. The number of methoxy groups -OCH3 is 1. The van der Waals surface area contributed by atoms with Crippen LogP contribution in [0.1, 0.15) is 55.8 Å². The van der Waals surface area contributed by atoms with Crippen molar-refractivity contribution in [2.75, 3.05) is 13.7 Å². The second kappa shape index (κ2) is 5.56. The van der Waals surface area contributed by atoms with E-state index >= 15 is 0 Å². The summed E-state index contributed by atoms with van der Waals surface area (Å²) in [6.07, 6.45) is 5.66. The van der Waals surface area contributed by atoms with Gasteiger partial charge in [-0.1, -0.05) is 5.16 Å². The molecule has 0 spiro atoms. The molecule has 0 radical (unpaired) electrons. The summed E-state index contributed by atoms with van der Waals surface area (Å²) in [6, 6.07) is -0.198. The van der Waals surface area contributed by atoms with Crippen molar-refractivity contribution in [3.8, 4) is 0 Å². The first-order chi connectivity index (χ1) is 9.28. The van der Waals surface area contributed by atoms with Crippen molar-refractivity contribution >= 4 is 0 Å². The molecule has 3 rings (SSSR count). The number of rotatable bonds is 6. The summed E-state index contributed by atoms with van der Waals surface area (Å²) in [6.45, 7) is 0.703. The molecule has 0 aromatic carbocycles. The van der Waals surface area contributed by atoms with E-state index in [1.54, 1.807) is 7.11 Å². The van der Waals surface area contributed by atoms with Crippen LogP contribution in [0.5, 0.6) is 0 Å². The molecule has 2 saturated heterocycles. The van der Waals surface area contributed by atoms with Gasteiger partial charge in [-0.25, -0.2) is 0 Å². The number of ether oxygens (including phenoxy) is 2. The molecule has 19 heavy (non-hydrogen) atoms. The Hall–Kier alpha value is -0.980. The summed E-state index contributed by atoms with van der Waals surface area (Å²) < 4.78 is 16.1. The molecule has 2 fully saturated rings. The van der Waals surface area contributed by atoms with Gasteiger partial charge in [0.15, 0.2) is 5.82 Å². The number of nitrogens with zero attached hydrogens (tertiary/aromatic N) is 2. The molecule has 106 valence electrons. The monoisotopic (exact) mass is 267 g/mol. The molecule has 2 N–H and O–H groups in total. The van der Waals surface area contributed by atoms with E-state index in [0.717, 1.165) is 31.5 Å². The Morgan fingerprint density at radius 2 is 2.37 bits per heavy atom. The van der Waals surface area contributed by atoms with E-state index in [0.29, 0.717) is 24.5 Å². The highest BCUT2D eigenvalue weighted by Crippen LogP contribution is 2.43. The average molecular weight is 267 g/mol. The lowest BCUT2D eigenvalue weighted by Gasteiger charge is -2.13. The van der Waals surface area contributed by atoms with Crippen LogP contribution >= 0.6 is 0 Å². The molecule has 0 amide bonds. The highest BCUT2D eigenvalue weighted by atomic mass is 16.5. The predicted octanol–water partition coefficient (Wildman–Crippen LogP) is 1.53. The zero-order valence-corrected chi connectivity index (χ0v) is 11.2. The van der Waals surface area contributed by atoms with E-state index < -0.39 is 0 Å². The van der Waals surface area contributed by atoms with Crippen LogP contribution in [0.3, 0.4) is 0 Å². The normalized spacial score (nSPS) is 30.9. The zero-order valence-electron chi connectivity index (χ0n) is 11.2. The number of hydrogen-bond acceptors (Lipinski definition) is 6. The first kappa shape index (κ1) is 13.0. The van der Waals surface area contributed by atoms with Gasteiger partial charge in [0.25, 0.3) is 0 Å². The Kier molecular flexibility index (Phi) is 3.81. The number of aromatic nitrogens is 2. The lowest BCUT2D eigenvalue weighted by molar-refractivity contribution is 0.0996. The Balaban J connectivity index is 1.60. The van der Waals surface area contributed by atoms with E-state index in [9.17, 15) is 0 Å². The molecule has 3 heterocycles. The standard InChI is InChI=1S/C13H21N3O3/c1-17-6-2-3-10(14)13-15-12(16-19-13)9-7-8-4-5-11(9)18-8/h8-11H,2-7,14H2,1H3. The topological polar surface area (TPSA) is 83.4 Å². The maximum atomic E-state index is 6.04. The summed E-state index contributed by atoms with van der Waals surface area (Å²) in [7, 11) is 1.69. The second-order valence-electron chi connectivity index (χ2n) is 5.45. The quantitative estimate of drug-likeness (QED) is 0.787. The molecule has 4 atom stereocenters. The van der Waals surface area contributed by atoms with Crippen LogP contribution in [0.15, 0.2) is 4.52 Å². The van der Waals surface area contributed by atoms with Crippen molar-refractivity contribution in [1.29, 1.82) is 0 Å². The van der Waals surface area contributed by atoms with Gasteiger partial charge in [0.1, 0.15) is 0 Å². The lowest BCUT2D eigenvalue weighted by Crippen LogP contribution is -2.16. The van der Waals surface area contributed by atoms with Gasteiger partial charge >= 0.3 is 0 Å². The molecule has 6 nitrogen and oxygen atoms in total. The van der Waals surface area contributed by atoms with Crippen LogP contribution in [0.25, 0.3) is 0 Å². The number of hydrogen-bond donors (Lipinski definition) is 1. The summed E-state index contributed by atoms with van der Waals surface area (Å²) in [5.74, 6) is 1.60. The van der Waals surface area contributed by atoms with Gasteiger partial charge in [-0.3, -0.25) is 0 Å². The molecular formula is C13H21N3O3. The van der Waals surface area contributed by atoms with Crippen LogP contribution in [0, 0.1) is 0 Å². The molecular weight excluding hydrogens is 246 g/mol. The molecule has 2 aliphatic rings. The largest absolute Gasteiger partial charge is 0.385 e. The van der Waals surface area contributed by atoms with E-state index in [1.807, 2.05) is 0 Å². The molecule has 6 heteroatoms. The van der Waals surface area contributed by atoms with E-state index in [1.165, 1.54) is 6.42 Å². The fourth-order valence-electron chi connectivity index (χ4n) is 3.03. The highest BCUT2D eigenvalue weighted by molar-refractivity contribution is 5.07. The SMILES string of the molecule is COCCCC(N)c1nc(C2CC3CCC2O3)no1. The van der Waals surface area contributed by atoms with Crippen molar-refractivity contribution in [1.82, 2.24) is 10.1 Å². The smallest absolute Gasteiger partial charge is 0.243 e. The molecule has 2 aliphatic heterocycles. The number of fused-ring (bicyclic) bond motifs is 2. The van der Waals surface area contributed by atoms with Crippen LogP contribution < -0.4 is 5.73 Å². The van der Waals surface area contributed by atoms with Crippen molar-refractivity contribution in [3.63, 3.8) is 0 Å². The Labute approximate surface area is 112 Å². The third kappa shape index (κ3) is 2.66. The molecule has 0 saturated carbocycles. The first-order valence-corrected chi connectivity index (χ1v) is 7.01. The Morgan fingerprint density at radius 3 is 3.05 bits per heavy atom. The third-order valence-corrected chi connectivity index (χ3v) is 4.08. The van der Waals surface area contributed by atoms with E-state index in [-0.39, 0.29) is 12.1 Å². The van der Waals surface area contributed by atoms with Gasteiger partial charge in [-0.05, 0) is 32.1 Å². The minimum absolute atomic E-state index is 0.198. The van der Waals surface area contributed by atoms with Crippen molar-refractivity contribution < 1.29 is 14.0 Å². The molecule has 2 bridgehead atoms. The van der Waals surface area contributed by atoms with Crippen LogP contribution in [-0.2, 0) is 9.47 Å². The first-order valence-electron chi connectivity index (χ1n) is 7.01. The molecule has 1 aromatic rings. The van der Waals surface area contributed by atoms with Gasteiger partial charge in [0.05, 0.1) is 24.2 Å². The molecule has 4 unspecified atom stereocenters. The van der Waals surface area contributed by atoms with Gasteiger partial charge in [0, 0.05) is 13.7 Å². The molecule has 1 aromatic heterocycles. The average Bonchev–Trinajstić information content (AvgIpc) is 3.14. The summed E-state index contributed by atoms with van der Waals surface area (Å²) >= 11 is 0.